The SMILES string of the molecule is C#CCO[C@H]1C[C@@H](C(=O)NC2CCCc3ccccc32)N(C(=O)[C@@H](NC(=O)[C@H](C)N(C)C(=O)OC(C)(C)C)C(C)(C)C)C1. The molecule has 5 atom stereocenters. The van der Waals surface area contributed by atoms with E-state index in [9.17, 15) is 19.2 Å². The first-order chi connectivity index (χ1) is 20.0. The number of carbonyl (C=O) groups is 4. The third kappa shape index (κ3) is 8.73. The number of nitrogens with one attached hydrogen (secondary N) is 2. The molecule has 10 nitrogen and oxygen atoms in total. The molecular formula is C33H48N4O6. The Balaban J connectivity index is 1.81. The van der Waals surface area contributed by atoms with Gasteiger partial charge in [0.25, 0.3) is 0 Å². The molecule has 1 unspecified atom stereocenters. The Morgan fingerprint density at radius 3 is 2.44 bits per heavy atom. The van der Waals surface area contributed by atoms with E-state index < -0.39 is 53.2 Å². The summed E-state index contributed by atoms with van der Waals surface area (Å²) < 4.78 is 11.2. The standard InChI is InChI=1S/C33H48N4O6/c1-10-18-42-23-19-26(29(39)34-25-17-13-15-22-14-11-12-16-24(22)25)37(20-23)30(40)27(32(3,4)5)35-28(38)21(2)36(9)31(41)43-33(6,7)8/h1,11-12,14,16,21,23,25-27H,13,15,17-20H2,2-9H3,(H,34,39)(H,35,38)/t21-,23-,25?,26-,27+/m0/s1. The summed E-state index contributed by atoms with van der Waals surface area (Å²) in [6.45, 7) is 12.6. The van der Waals surface area contributed by atoms with Crippen LogP contribution >= 0.6 is 0 Å². The van der Waals surface area contributed by atoms with Gasteiger partial charge in [0.05, 0.1) is 12.1 Å². The van der Waals surface area contributed by atoms with Crippen molar-refractivity contribution in [2.24, 2.45) is 5.41 Å². The second-order valence-corrected chi connectivity index (χ2v) is 13.6. The Kier molecular flexibility index (Phi) is 10.9. The lowest BCUT2D eigenvalue weighted by molar-refractivity contribution is -0.144. The summed E-state index contributed by atoms with van der Waals surface area (Å²) in [7, 11) is 1.48. The van der Waals surface area contributed by atoms with Crippen LogP contribution in [0.5, 0.6) is 0 Å². The lowest BCUT2D eigenvalue weighted by atomic mass is 9.85. The summed E-state index contributed by atoms with van der Waals surface area (Å²) >= 11 is 0. The summed E-state index contributed by atoms with van der Waals surface area (Å²) in [5.74, 6) is 1.28. The molecule has 0 bridgehead atoms. The minimum Gasteiger partial charge on any atom is -0.444 e. The van der Waals surface area contributed by atoms with Crippen molar-refractivity contribution in [1.82, 2.24) is 20.4 Å². The summed E-state index contributed by atoms with van der Waals surface area (Å²) in [6, 6.07) is 5.25. The second kappa shape index (κ2) is 13.8. The number of likely N-dealkylation sites (N-methyl/N-ethyl adjacent to an activating group) is 1. The first kappa shape index (κ1) is 33.9. The van der Waals surface area contributed by atoms with E-state index in [2.05, 4.69) is 22.6 Å². The summed E-state index contributed by atoms with van der Waals surface area (Å²) in [4.78, 5) is 56.7. The number of hydrogen-bond donors (Lipinski definition) is 2. The molecular weight excluding hydrogens is 548 g/mol. The van der Waals surface area contributed by atoms with Crippen molar-refractivity contribution in [3.05, 3.63) is 35.4 Å². The topological polar surface area (TPSA) is 117 Å². The molecule has 0 aromatic heterocycles. The van der Waals surface area contributed by atoms with Crippen LogP contribution in [0.1, 0.15) is 84.9 Å². The largest absolute Gasteiger partial charge is 0.444 e. The molecule has 1 saturated heterocycles. The van der Waals surface area contributed by atoms with Crippen molar-refractivity contribution in [2.75, 3.05) is 20.2 Å². The molecule has 1 fully saturated rings. The van der Waals surface area contributed by atoms with Crippen LogP contribution in [0, 0.1) is 17.8 Å². The number of nitrogens with zero attached hydrogens (tertiary/aromatic N) is 2. The first-order valence-corrected chi connectivity index (χ1v) is 15.0. The normalized spacial score (nSPS) is 21.6. The number of rotatable bonds is 8. The first-order valence-electron chi connectivity index (χ1n) is 15.0. The monoisotopic (exact) mass is 596 g/mol. The maximum Gasteiger partial charge on any atom is 0.410 e. The highest BCUT2D eigenvalue weighted by atomic mass is 16.6. The molecule has 1 aliphatic heterocycles. The number of likely N-dealkylation sites (tertiary alicyclic amines) is 1. The minimum atomic E-state index is -0.980. The van der Waals surface area contributed by atoms with Crippen molar-refractivity contribution in [3.63, 3.8) is 0 Å². The Hall–Kier alpha value is -3.58. The third-order valence-corrected chi connectivity index (χ3v) is 7.98. The number of amides is 4. The predicted octanol–water partition coefficient (Wildman–Crippen LogP) is 3.59. The number of ether oxygens (including phenoxy) is 2. The molecule has 0 spiro atoms. The van der Waals surface area contributed by atoms with Crippen LogP contribution in [-0.2, 0) is 30.3 Å². The molecule has 0 radical (unpaired) electrons. The fourth-order valence-corrected chi connectivity index (χ4v) is 5.49. The number of benzene rings is 1. The van der Waals surface area contributed by atoms with Gasteiger partial charge in [0.1, 0.15) is 30.3 Å². The highest BCUT2D eigenvalue weighted by Gasteiger charge is 2.46. The molecule has 1 aromatic rings. The zero-order valence-corrected chi connectivity index (χ0v) is 26.9. The van der Waals surface area contributed by atoms with Crippen molar-refractivity contribution < 1.29 is 28.7 Å². The van der Waals surface area contributed by atoms with E-state index in [0.717, 1.165) is 24.8 Å². The van der Waals surface area contributed by atoms with E-state index in [1.54, 1.807) is 27.7 Å². The molecule has 1 heterocycles. The van der Waals surface area contributed by atoms with Crippen LogP contribution in [0.15, 0.2) is 24.3 Å². The van der Waals surface area contributed by atoms with E-state index in [1.165, 1.54) is 22.4 Å². The quantitative estimate of drug-likeness (QED) is 0.443. The Morgan fingerprint density at radius 2 is 1.81 bits per heavy atom. The molecule has 3 rings (SSSR count). The molecule has 4 amide bonds. The molecule has 43 heavy (non-hydrogen) atoms. The van der Waals surface area contributed by atoms with Gasteiger partial charge < -0.3 is 25.0 Å². The van der Waals surface area contributed by atoms with E-state index in [4.69, 9.17) is 15.9 Å². The Labute approximate surface area is 256 Å². The third-order valence-electron chi connectivity index (χ3n) is 7.98. The van der Waals surface area contributed by atoms with Crippen LogP contribution in [0.3, 0.4) is 0 Å². The van der Waals surface area contributed by atoms with Gasteiger partial charge in [-0.1, -0.05) is 51.0 Å². The van der Waals surface area contributed by atoms with Crippen LogP contribution in [0.2, 0.25) is 0 Å². The zero-order valence-electron chi connectivity index (χ0n) is 26.9. The van der Waals surface area contributed by atoms with Gasteiger partial charge in [0, 0.05) is 20.0 Å². The predicted molar refractivity (Wildman–Crippen MR) is 164 cm³/mol. The van der Waals surface area contributed by atoms with E-state index >= 15 is 0 Å². The maximum absolute atomic E-state index is 14.2. The number of fused-ring (bicyclic) bond motifs is 1. The number of aryl methyl sites for hydroxylation is 1. The van der Waals surface area contributed by atoms with Gasteiger partial charge in [0.15, 0.2) is 0 Å². The molecule has 2 N–H and O–H groups in total. The van der Waals surface area contributed by atoms with Crippen molar-refractivity contribution in [1.29, 1.82) is 0 Å². The molecule has 10 heteroatoms. The van der Waals surface area contributed by atoms with Gasteiger partial charge in [-0.05, 0) is 63.5 Å². The fourth-order valence-electron chi connectivity index (χ4n) is 5.49. The maximum atomic E-state index is 14.2. The van der Waals surface area contributed by atoms with Gasteiger partial charge in [-0.3, -0.25) is 19.3 Å². The van der Waals surface area contributed by atoms with E-state index in [1.807, 2.05) is 39.0 Å². The second-order valence-electron chi connectivity index (χ2n) is 13.6. The zero-order chi connectivity index (χ0) is 32.1. The summed E-state index contributed by atoms with van der Waals surface area (Å²) in [5, 5.41) is 6.05. The molecule has 2 aliphatic rings. The van der Waals surface area contributed by atoms with Gasteiger partial charge in [-0.2, -0.15) is 0 Å². The van der Waals surface area contributed by atoms with Crippen LogP contribution in [-0.4, -0.2) is 83.6 Å². The number of carbonyl (C=O) groups excluding carboxylic acids is 4. The average molecular weight is 597 g/mol. The average Bonchev–Trinajstić information content (AvgIpc) is 3.36. The van der Waals surface area contributed by atoms with Crippen LogP contribution < -0.4 is 10.6 Å². The summed E-state index contributed by atoms with van der Waals surface area (Å²) in [5.41, 5.74) is 0.877. The highest BCUT2D eigenvalue weighted by Crippen LogP contribution is 2.32. The molecule has 0 saturated carbocycles. The molecule has 236 valence electrons. The molecule has 1 aliphatic carbocycles. The van der Waals surface area contributed by atoms with Crippen molar-refractivity contribution >= 4 is 23.8 Å². The Morgan fingerprint density at radius 1 is 1.14 bits per heavy atom. The fraction of sp³-hybridized carbons (Fsp3) is 0.636. The van der Waals surface area contributed by atoms with Crippen LogP contribution in [0.25, 0.3) is 0 Å². The van der Waals surface area contributed by atoms with Gasteiger partial charge in [0.2, 0.25) is 17.7 Å². The van der Waals surface area contributed by atoms with Crippen molar-refractivity contribution in [2.45, 2.75) is 110 Å². The number of hydrogen-bond acceptors (Lipinski definition) is 6. The van der Waals surface area contributed by atoms with Crippen molar-refractivity contribution in [3.8, 4) is 12.3 Å². The lowest BCUT2D eigenvalue weighted by Gasteiger charge is -2.37. The summed E-state index contributed by atoms with van der Waals surface area (Å²) in [6.07, 6.45) is 7.35. The lowest BCUT2D eigenvalue weighted by Crippen LogP contribution is -2.60. The smallest absolute Gasteiger partial charge is 0.410 e. The highest BCUT2D eigenvalue weighted by molar-refractivity contribution is 5.94. The Bertz CT molecular complexity index is 1230. The number of terminal acetylenes is 1. The van der Waals surface area contributed by atoms with Gasteiger partial charge in [-0.25, -0.2) is 4.79 Å². The van der Waals surface area contributed by atoms with Gasteiger partial charge >= 0.3 is 6.09 Å². The van der Waals surface area contributed by atoms with E-state index in [-0.39, 0.29) is 31.5 Å². The molecule has 1 aromatic carbocycles. The van der Waals surface area contributed by atoms with Gasteiger partial charge in [-0.15, -0.1) is 6.42 Å². The minimum absolute atomic E-state index is 0.0605. The van der Waals surface area contributed by atoms with Crippen LogP contribution in [0.4, 0.5) is 4.79 Å². The van der Waals surface area contributed by atoms with E-state index in [0.29, 0.717) is 0 Å².